The van der Waals surface area contributed by atoms with Gasteiger partial charge in [0, 0.05) is 12.1 Å². The standard InChI is InChI=1S/C13H26N2O/c1-5-6-7-8-9-10-13(16)15-14-12(4)11(2)3/h11H,5-10H2,1-4H3,(H,15,16)/b14-12+. The Labute approximate surface area is 99.7 Å². The van der Waals surface area contributed by atoms with Crippen molar-refractivity contribution in [3.8, 4) is 0 Å². The Balaban J connectivity index is 3.56. The summed E-state index contributed by atoms with van der Waals surface area (Å²) >= 11 is 0. The smallest absolute Gasteiger partial charge is 0.240 e. The van der Waals surface area contributed by atoms with E-state index in [4.69, 9.17) is 0 Å². The average molecular weight is 226 g/mol. The highest BCUT2D eigenvalue weighted by Crippen LogP contribution is 2.04. The highest BCUT2D eigenvalue weighted by Gasteiger charge is 2.01. The number of unbranched alkanes of at least 4 members (excludes halogenated alkanes) is 4. The molecule has 0 spiro atoms. The fourth-order valence-electron chi connectivity index (χ4n) is 1.22. The van der Waals surface area contributed by atoms with Crippen LogP contribution < -0.4 is 5.43 Å². The van der Waals surface area contributed by atoms with Crippen LogP contribution in [0.4, 0.5) is 0 Å². The van der Waals surface area contributed by atoms with Gasteiger partial charge >= 0.3 is 0 Å². The van der Waals surface area contributed by atoms with Crippen LogP contribution in [0, 0.1) is 5.92 Å². The van der Waals surface area contributed by atoms with Crippen LogP contribution in [0.5, 0.6) is 0 Å². The Morgan fingerprint density at radius 2 is 1.81 bits per heavy atom. The predicted molar refractivity (Wildman–Crippen MR) is 69.5 cm³/mol. The second-order valence-corrected chi connectivity index (χ2v) is 4.61. The molecule has 1 amide bonds. The maximum absolute atomic E-state index is 11.4. The second kappa shape index (κ2) is 9.37. The lowest BCUT2D eigenvalue weighted by Gasteiger charge is -2.04. The molecule has 0 aromatic carbocycles. The molecule has 0 rings (SSSR count). The van der Waals surface area contributed by atoms with Crippen molar-refractivity contribution in [2.24, 2.45) is 11.0 Å². The molecule has 0 saturated carbocycles. The molecule has 0 aliphatic rings. The maximum atomic E-state index is 11.4. The Bertz CT molecular complexity index is 222. The third-order valence-corrected chi connectivity index (χ3v) is 2.70. The zero-order chi connectivity index (χ0) is 12.4. The highest BCUT2D eigenvalue weighted by atomic mass is 16.2. The molecule has 0 unspecified atom stereocenters. The maximum Gasteiger partial charge on any atom is 0.240 e. The molecule has 0 aliphatic carbocycles. The average Bonchev–Trinajstić information content (AvgIpc) is 2.25. The van der Waals surface area contributed by atoms with Gasteiger partial charge in [-0.1, -0.05) is 46.5 Å². The lowest BCUT2D eigenvalue weighted by Crippen LogP contribution is -2.19. The van der Waals surface area contributed by atoms with Gasteiger partial charge in [-0.15, -0.1) is 0 Å². The monoisotopic (exact) mass is 226 g/mol. The van der Waals surface area contributed by atoms with Gasteiger partial charge < -0.3 is 0 Å². The minimum absolute atomic E-state index is 0.0384. The van der Waals surface area contributed by atoms with Gasteiger partial charge in [-0.25, -0.2) is 5.43 Å². The molecule has 0 aromatic rings. The van der Waals surface area contributed by atoms with Crippen LogP contribution in [-0.2, 0) is 4.79 Å². The summed E-state index contributed by atoms with van der Waals surface area (Å²) in [6.07, 6.45) is 6.46. The zero-order valence-corrected chi connectivity index (χ0v) is 11.2. The third kappa shape index (κ3) is 8.45. The molecular formula is C13H26N2O. The molecule has 0 aromatic heterocycles. The molecule has 94 valence electrons. The summed E-state index contributed by atoms with van der Waals surface area (Å²) in [4.78, 5) is 11.4. The lowest BCUT2D eigenvalue weighted by atomic mass is 10.1. The molecule has 0 bridgehead atoms. The first-order valence-electron chi connectivity index (χ1n) is 6.41. The molecule has 0 radical (unpaired) electrons. The van der Waals surface area contributed by atoms with E-state index in [9.17, 15) is 4.79 Å². The summed E-state index contributed by atoms with van der Waals surface area (Å²) in [5.74, 6) is 0.432. The van der Waals surface area contributed by atoms with Crippen LogP contribution in [0.25, 0.3) is 0 Å². The Morgan fingerprint density at radius 1 is 1.19 bits per heavy atom. The van der Waals surface area contributed by atoms with E-state index < -0.39 is 0 Å². The van der Waals surface area contributed by atoms with Crippen molar-refractivity contribution in [1.82, 2.24) is 5.43 Å². The summed E-state index contributed by atoms with van der Waals surface area (Å²) in [6, 6.07) is 0. The number of rotatable bonds is 8. The van der Waals surface area contributed by atoms with E-state index >= 15 is 0 Å². The highest BCUT2D eigenvalue weighted by molar-refractivity contribution is 5.85. The van der Waals surface area contributed by atoms with E-state index in [1.165, 1.54) is 19.3 Å². The van der Waals surface area contributed by atoms with Gasteiger partial charge in [0.15, 0.2) is 0 Å². The minimum atomic E-state index is 0.0384. The van der Waals surface area contributed by atoms with Crippen LogP contribution in [0.15, 0.2) is 5.10 Å². The molecular weight excluding hydrogens is 200 g/mol. The van der Waals surface area contributed by atoms with Crippen molar-refractivity contribution >= 4 is 11.6 Å². The third-order valence-electron chi connectivity index (χ3n) is 2.70. The van der Waals surface area contributed by atoms with E-state index in [0.29, 0.717) is 12.3 Å². The van der Waals surface area contributed by atoms with Gasteiger partial charge in [-0.2, -0.15) is 5.10 Å². The van der Waals surface area contributed by atoms with Crippen molar-refractivity contribution in [2.45, 2.75) is 66.2 Å². The number of carbonyl (C=O) groups is 1. The number of amides is 1. The number of hydrazone groups is 1. The van der Waals surface area contributed by atoms with E-state index in [-0.39, 0.29) is 5.91 Å². The summed E-state index contributed by atoms with van der Waals surface area (Å²) in [7, 11) is 0. The van der Waals surface area contributed by atoms with E-state index in [1.54, 1.807) is 0 Å². The minimum Gasteiger partial charge on any atom is -0.273 e. The van der Waals surface area contributed by atoms with Crippen molar-refractivity contribution < 1.29 is 4.79 Å². The number of hydrogen-bond donors (Lipinski definition) is 1. The van der Waals surface area contributed by atoms with Crippen molar-refractivity contribution in [2.75, 3.05) is 0 Å². The quantitative estimate of drug-likeness (QED) is 0.384. The largest absolute Gasteiger partial charge is 0.273 e. The fraction of sp³-hybridized carbons (Fsp3) is 0.846. The van der Waals surface area contributed by atoms with Gasteiger partial charge in [0.1, 0.15) is 0 Å². The molecule has 0 atom stereocenters. The molecule has 0 saturated heterocycles. The SMILES string of the molecule is CCCCCCCC(=O)N/N=C(\C)C(C)C. The molecule has 0 fully saturated rings. The van der Waals surface area contributed by atoms with Crippen LogP contribution in [0.2, 0.25) is 0 Å². The molecule has 3 heteroatoms. The number of nitrogens with zero attached hydrogens (tertiary/aromatic N) is 1. The van der Waals surface area contributed by atoms with Gasteiger partial charge in [0.25, 0.3) is 0 Å². The van der Waals surface area contributed by atoms with E-state index in [0.717, 1.165) is 18.6 Å². The molecule has 3 nitrogen and oxygen atoms in total. The van der Waals surface area contributed by atoms with Crippen molar-refractivity contribution in [3.05, 3.63) is 0 Å². The molecule has 0 aliphatic heterocycles. The van der Waals surface area contributed by atoms with Crippen LogP contribution >= 0.6 is 0 Å². The fourth-order valence-corrected chi connectivity index (χ4v) is 1.22. The first-order valence-corrected chi connectivity index (χ1v) is 6.41. The Morgan fingerprint density at radius 3 is 2.38 bits per heavy atom. The Kier molecular flexibility index (Phi) is 8.87. The number of nitrogens with one attached hydrogen (secondary N) is 1. The first-order chi connectivity index (χ1) is 7.57. The second-order valence-electron chi connectivity index (χ2n) is 4.61. The summed E-state index contributed by atoms with van der Waals surface area (Å²) in [5.41, 5.74) is 3.58. The van der Waals surface area contributed by atoms with Crippen LogP contribution in [0.3, 0.4) is 0 Å². The molecule has 0 heterocycles. The summed E-state index contributed by atoms with van der Waals surface area (Å²) in [6.45, 7) is 8.26. The number of hydrogen-bond acceptors (Lipinski definition) is 2. The summed E-state index contributed by atoms with van der Waals surface area (Å²) < 4.78 is 0. The van der Waals surface area contributed by atoms with Crippen molar-refractivity contribution in [3.63, 3.8) is 0 Å². The van der Waals surface area contributed by atoms with Gasteiger partial charge in [-0.3, -0.25) is 4.79 Å². The normalized spacial score (nSPS) is 11.9. The number of carbonyl (C=O) groups excluding carboxylic acids is 1. The molecule has 16 heavy (non-hydrogen) atoms. The van der Waals surface area contributed by atoms with Crippen molar-refractivity contribution in [1.29, 1.82) is 0 Å². The van der Waals surface area contributed by atoms with Crippen LogP contribution in [-0.4, -0.2) is 11.6 Å². The lowest BCUT2D eigenvalue weighted by molar-refractivity contribution is -0.121. The predicted octanol–water partition coefficient (Wildman–Crippen LogP) is 3.50. The van der Waals surface area contributed by atoms with Gasteiger partial charge in [0.05, 0.1) is 0 Å². The van der Waals surface area contributed by atoms with Gasteiger partial charge in [-0.05, 0) is 19.3 Å². The van der Waals surface area contributed by atoms with E-state index in [1.807, 2.05) is 6.92 Å². The topological polar surface area (TPSA) is 41.5 Å². The zero-order valence-electron chi connectivity index (χ0n) is 11.2. The van der Waals surface area contributed by atoms with Crippen LogP contribution in [0.1, 0.15) is 66.2 Å². The van der Waals surface area contributed by atoms with E-state index in [2.05, 4.69) is 31.3 Å². The summed E-state index contributed by atoms with van der Waals surface area (Å²) in [5, 5.41) is 4.06. The first kappa shape index (κ1) is 15.1. The van der Waals surface area contributed by atoms with Gasteiger partial charge in [0.2, 0.25) is 5.91 Å². The Hall–Kier alpha value is -0.860. The molecule has 1 N–H and O–H groups in total.